The second-order valence-corrected chi connectivity index (χ2v) is 4.89. The van der Waals surface area contributed by atoms with Gasteiger partial charge in [-0.3, -0.25) is 4.79 Å². The van der Waals surface area contributed by atoms with E-state index in [9.17, 15) is 4.79 Å². The molecule has 1 amide bonds. The quantitative estimate of drug-likeness (QED) is 0.824. The number of hydrogen-bond donors (Lipinski definition) is 1. The lowest BCUT2D eigenvalue weighted by molar-refractivity contribution is 0.0953. The van der Waals surface area contributed by atoms with E-state index in [0.717, 1.165) is 19.3 Å². The molecular weight excluding hydrogens is 260 g/mol. The summed E-state index contributed by atoms with van der Waals surface area (Å²) < 4.78 is 0. The Balaban J connectivity index is 1.68. The van der Waals surface area contributed by atoms with Gasteiger partial charge in [-0.1, -0.05) is 30.3 Å². The maximum atomic E-state index is 11.9. The molecule has 0 spiro atoms. The van der Waals surface area contributed by atoms with Gasteiger partial charge in [-0.25, -0.2) is 0 Å². The molecule has 0 saturated carbocycles. The second-order valence-electron chi connectivity index (χ2n) is 4.89. The number of rotatable bonds is 6. The zero-order chi connectivity index (χ0) is 14.9. The minimum absolute atomic E-state index is 0.0841. The number of carbonyl (C=O) groups is 1. The van der Waals surface area contributed by atoms with Gasteiger partial charge in [0.05, 0.1) is 11.6 Å². The van der Waals surface area contributed by atoms with E-state index in [-0.39, 0.29) is 5.91 Å². The van der Waals surface area contributed by atoms with Gasteiger partial charge in [-0.15, -0.1) is 0 Å². The number of hydrogen-bond acceptors (Lipinski definition) is 2. The van der Waals surface area contributed by atoms with E-state index in [2.05, 4.69) is 17.4 Å². The fourth-order valence-corrected chi connectivity index (χ4v) is 2.10. The molecule has 3 nitrogen and oxygen atoms in total. The molecule has 106 valence electrons. The molecular formula is C18H18N2O. The Morgan fingerprint density at radius 1 is 1.00 bits per heavy atom. The average molecular weight is 278 g/mol. The van der Waals surface area contributed by atoms with Crippen molar-refractivity contribution in [3.05, 3.63) is 71.3 Å². The lowest BCUT2D eigenvalue weighted by Crippen LogP contribution is -2.24. The fraction of sp³-hybridized carbons (Fsp3) is 0.222. The molecule has 0 aliphatic rings. The van der Waals surface area contributed by atoms with Crippen LogP contribution in [0.4, 0.5) is 0 Å². The number of nitrogens with zero attached hydrogens (tertiary/aromatic N) is 1. The molecule has 3 heteroatoms. The minimum atomic E-state index is -0.0841. The zero-order valence-corrected chi connectivity index (χ0v) is 11.9. The minimum Gasteiger partial charge on any atom is -0.352 e. The smallest absolute Gasteiger partial charge is 0.251 e. The molecule has 0 atom stereocenters. The van der Waals surface area contributed by atoms with E-state index in [1.165, 1.54) is 5.56 Å². The van der Waals surface area contributed by atoms with Gasteiger partial charge in [0.15, 0.2) is 0 Å². The highest BCUT2D eigenvalue weighted by Gasteiger charge is 2.04. The predicted molar refractivity (Wildman–Crippen MR) is 82.9 cm³/mol. The summed E-state index contributed by atoms with van der Waals surface area (Å²) in [4.78, 5) is 11.9. The first-order chi connectivity index (χ1) is 10.3. The van der Waals surface area contributed by atoms with E-state index < -0.39 is 0 Å². The van der Waals surface area contributed by atoms with Crippen LogP contribution < -0.4 is 5.32 Å². The van der Waals surface area contributed by atoms with Gasteiger partial charge < -0.3 is 5.32 Å². The van der Waals surface area contributed by atoms with Crippen molar-refractivity contribution in [3.8, 4) is 6.07 Å². The van der Waals surface area contributed by atoms with Crippen molar-refractivity contribution < 1.29 is 4.79 Å². The van der Waals surface area contributed by atoms with Gasteiger partial charge >= 0.3 is 0 Å². The Kier molecular flexibility index (Phi) is 5.54. The number of carbonyl (C=O) groups excluding carboxylic acids is 1. The van der Waals surface area contributed by atoms with Crippen molar-refractivity contribution in [2.45, 2.75) is 19.3 Å². The third kappa shape index (κ3) is 4.77. The van der Waals surface area contributed by atoms with Gasteiger partial charge in [-0.2, -0.15) is 5.26 Å². The van der Waals surface area contributed by atoms with Crippen LogP contribution in [0.25, 0.3) is 0 Å². The molecule has 0 radical (unpaired) electrons. The Hall–Kier alpha value is -2.60. The van der Waals surface area contributed by atoms with Gasteiger partial charge in [0.2, 0.25) is 0 Å². The van der Waals surface area contributed by atoms with Crippen LogP contribution in [0.15, 0.2) is 54.6 Å². The van der Waals surface area contributed by atoms with Gasteiger partial charge in [0.25, 0.3) is 5.91 Å². The molecule has 0 saturated heterocycles. The van der Waals surface area contributed by atoms with Crippen molar-refractivity contribution in [2.24, 2.45) is 0 Å². The third-order valence-electron chi connectivity index (χ3n) is 3.30. The number of amides is 1. The molecule has 2 aromatic rings. The first-order valence-electron chi connectivity index (χ1n) is 7.12. The summed E-state index contributed by atoms with van der Waals surface area (Å²) in [5.74, 6) is -0.0841. The highest BCUT2D eigenvalue weighted by Crippen LogP contribution is 2.05. The number of unbranched alkanes of at least 4 members (excludes halogenated alkanes) is 1. The molecule has 1 N–H and O–H groups in total. The first kappa shape index (κ1) is 14.8. The molecule has 0 fully saturated rings. The van der Waals surface area contributed by atoms with E-state index in [0.29, 0.717) is 17.7 Å². The lowest BCUT2D eigenvalue weighted by Gasteiger charge is -2.05. The summed E-state index contributed by atoms with van der Waals surface area (Å²) in [7, 11) is 0. The molecule has 2 rings (SSSR count). The maximum absolute atomic E-state index is 11.9. The summed E-state index contributed by atoms with van der Waals surface area (Å²) in [5.41, 5.74) is 2.49. The van der Waals surface area contributed by atoms with Crippen LogP contribution >= 0.6 is 0 Å². The Morgan fingerprint density at radius 2 is 1.71 bits per heavy atom. The third-order valence-corrected chi connectivity index (χ3v) is 3.30. The molecule has 0 aliphatic heterocycles. The fourth-order valence-electron chi connectivity index (χ4n) is 2.10. The summed E-state index contributed by atoms with van der Waals surface area (Å²) in [6.07, 6.45) is 3.04. The monoisotopic (exact) mass is 278 g/mol. The average Bonchev–Trinajstić information content (AvgIpc) is 2.55. The molecule has 0 aliphatic carbocycles. The summed E-state index contributed by atoms with van der Waals surface area (Å²) in [6, 6.07) is 19.1. The Morgan fingerprint density at radius 3 is 2.38 bits per heavy atom. The van der Waals surface area contributed by atoms with Crippen molar-refractivity contribution in [3.63, 3.8) is 0 Å². The highest BCUT2D eigenvalue weighted by molar-refractivity contribution is 5.94. The first-order valence-corrected chi connectivity index (χ1v) is 7.12. The zero-order valence-electron chi connectivity index (χ0n) is 11.9. The Bertz CT molecular complexity index is 612. The van der Waals surface area contributed by atoms with Crippen LogP contribution in [0.1, 0.15) is 34.3 Å². The second kappa shape index (κ2) is 7.86. The number of nitrogens with one attached hydrogen (secondary N) is 1. The van der Waals surface area contributed by atoms with E-state index in [4.69, 9.17) is 5.26 Å². The number of aryl methyl sites for hydroxylation is 1. The van der Waals surface area contributed by atoms with Gasteiger partial charge in [-0.05, 0) is 49.1 Å². The topological polar surface area (TPSA) is 52.9 Å². The van der Waals surface area contributed by atoms with Crippen LogP contribution in [-0.4, -0.2) is 12.5 Å². The van der Waals surface area contributed by atoms with Crippen molar-refractivity contribution in [2.75, 3.05) is 6.54 Å². The van der Waals surface area contributed by atoms with E-state index in [1.807, 2.05) is 24.3 Å². The van der Waals surface area contributed by atoms with Crippen LogP contribution in [0.5, 0.6) is 0 Å². The molecule has 0 unspecified atom stereocenters. The number of nitriles is 1. The molecule has 2 aromatic carbocycles. The largest absolute Gasteiger partial charge is 0.352 e. The van der Waals surface area contributed by atoms with Gasteiger partial charge in [0.1, 0.15) is 0 Å². The molecule has 0 heterocycles. The van der Waals surface area contributed by atoms with Crippen molar-refractivity contribution in [1.82, 2.24) is 5.32 Å². The molecule has 21 heavy (non-hydrogen) atoms. The van der Waals surface area contributed by atoms with Gasteiger partial charge in [0, 0.05) is 12.1 Å². The van der Waals surface area contributed by atoms with E-state index in [1.54, 1.807) is 24.3 Å². The van der Waals surface area contributed by atoms with Crippen molar-refractivity contribution >= 4 is 5.91 Å². The van der Waals surface area contributed by atoms with Crippen LogP contribution in [-0.2, 0) is 6.42 Å². The Labute approximate surface area is 125 Å². The molecule has 0 aromatic heterocycles. The maximum Gasteiger partial charge on any atom is 0.251 e. The summed E-state index contributed by atoms with van der Waals surface area (Å²) in [5, 5.41) is 11.6. The normalized spacial score (nSPS) is 9.86. The van der Waals surface area contributed by atoms with E-state index >= 15 is 0 Å². The summed E-state index contributed by atoms with van der Waals surface area (Å²) in [6.45, 7) is 0.672. The standard InChI is InChI=1S/C18H18N2O/c19-14-16-9-11-17(12-10-16)18(21)20-13-5-4-8-15-6-2-1-3-7-15/h1-3,6-7,9-12H,4-5,8,13H2,(H,20,21). The SMILES string of the molecule is N#Cc1ccc(C(=O)NCCCCc2ccccc2)cc1. The highest BCUT2D eigenvalue weighted by atomic mass is 16.1. The molecule has 0 bridgehead atoms. The van der Waals surface area contributed by atoms with Crippen LogP contribution in [0.3, 0.4) is 0 Å². The van der Waals surface area contributed by atoms with Crippen molar-refractivity contribution in [1.29, 1.82) is 5.26 Å². The summed E-state index contributed by atoms with van der Waals surface area (Å²) >= 11 is 0. The predicted octanol–water partition coefficient (Wildman–Crippen LogP) is 3.31. The van der Waals surface area contributed by atoms with Crippen LogP contribution in [0, 0.1) is 11.3 Å². The lowest BCUT2D eigenvalue weighted by atomic mass is 10.1. The van der Waals surface area contributed by atoms with Crippen LogP contribution in [0.2, 0.25) is 0 Å². The number of benzene rings is 2.